The largest absolute Gasteiger partial charge is 0.449 e. The zero-order valence-electron chi connectivity index (χ0n) is 17.1. The number of alkyl carbamates (subject to hydrolysis) is 2. The molecule has 0 fully saturated rings. The number of nitrogens with two attached hydrogens (primary N) is 1. The highest BCUT2D eigenvalue weighted by Crippen LogP contribution is 2.44. The summed E-state index contributed by atoms with van der Waals surface area (Å²) >= 11 is 0. The smallest absolute Gasteiger partial charge is 0.409 e. The van der Waals surface area contributed by atoms with E-state index in [1.807, 2.05) is 48.5 Å². The van der Waals surface area contributed by atoms with Crippen molar-refractivity contribution in [1.82, 2.24) is 10.6 Å². The molecule has 0 spiro atoms. The van der Waals surface area contributed by atoms with Gasteiger partial charge in [-0.3, -0.25) is 15.4 Å². The highest BCUT2D eigenvalue weighted by Gasteiger charge is 2.30. The molecule has 0 aliphatic heterocycles. The van der Waals surface area contributed by atoms with Crippen molar-refractivity contribution in [2.75, 3.05) is 6.61 Å². The van der Waals surface area contributed by atoms with Gasteiger partial charge < -0.3 is 15.2 Å². The molecule has 0 radical (unpaired) electrons. The maximum absolute atomic E-state index is 12.3. The van der Waals surface area contributed by atoms with E-state index in [9.17, 15) is 14.4 Å². The van der Waals surface area contributed by atoms with Gasteiger partial charge in [-0.05, 0) is 43.0 Å². The van der Waals surface area contributed by atoms with Gasteiger partial charge in [0.15, 0.2) is 6.17 Å². The molecule has 30 heavy (non-hydrogen) atoms. The third kappa shape index (κ3) is 4.89. The molecular weight excluding hydrogens is 386 g/mol. The third-order valence-corrected chi connectivity index (χ3v) is 4.55. The topological polar surface area (TPSA) is 120 Å². The Kier molecular flexibility index (Phi) is 5.96. The molecule has 1 aliphatic rings. The molecule has 1 unspecified atom stereocenters. The van der Waals surface area contributed by atoms with Crippen LogP contribution in [-0.4, -0.2) is 36.5 Å². The molecular formula is C22H25N3O5. The van der Waals surface area contributed by atoms with Crippen LogP contribution in [0, 0.1) is 0 Å². The van der Waals surface area contributed by atoms with Crippen LogP contribution < -0.4 is 16.4 Å². The number of benzene rings is 2. The Bertz CT molecular complexity index is 922. The minimum Gasteiger partial charge on any atom is -0.449 e. The number of primary amides is 1. The number of carbonyl (C=O) groups is 3. The monoisotopic (exact) mass is 411 g/mol. The van der Waals surface area contributed by atoms with E-state index in [0.717, 1.165) is 22.3 Å². The molecule has 158 valence electrons. The lowest BCUT2D eigenvalue weighted by molar-refractivity contribution is -0.120. The molecule has 0 bridgehead atoms. The third-order valence-electron chi connectivity index (χ3n) is 4.55. The first-order valence-electron chi connectivity index (χ1n) is 9.56. The van der Waals surface area contributed by atoms with Gasteiger partial charge in [-0.25, -0.2) is 9.59 Å². The normalized spacial score (nSPS) is 13.6. The van der Waals surface area contributed by atoms with E-state index in [4.69, 9.17) is 15.2 Å². The summed E-state index contributed by atoms with van der Waals surface area (Å²) in [5, 5.41) is 4.47. The fourth-order valence-corrected chi connectivity index (χ4v) is 3.36. The molecule has 0 aromatic heterocycles. The predicted octanol–water partition coefficient (Wildman–Crippen LogP) is 2.86. The molecule has 0 heterocycles. The Labute approximate surface area is 174 Å². The molecule has 0 saturated heterocycles. The molecule has 3 amide bonds. The summed E-state index contributed by atoms with van der Waals surface area (Å²) < 4.78 is 10.4. The van der Waals surface area contributed by atoms with E-state index in [-0.39, 0.29) is 12.5 Å². The summed E-state index contributed by atoms with van der Waals surface area (Å²) in [6.07, 6.45) is -3.22. The Balaban J connectivity index is 1.64. The molecule has 8 heteroatoms. The van der Waals surface area contributed by atoms with E-state index >= 15 is 0 Å². The SMILES string of the molecule is CC(C)(C)OC(=O)NC(NC(=O)OCC1c2ccccc2-c2ccccc21)C(N)=O. The standard InChI is InChI=1S/C22H25N3O5/c1-22(2,3)30-21(28)25-19(18(23)26)24-20(27)29-12-17-15-10-6-4-8-13(15)14-9-5-7-11-16(14)17/h4-11,17,19H,12H2,1-3H3,(H2,23,26)(H,24,27)(H,25,28). The molecule has 0 saturated carbocycles. The van der Waals surface area contributed by atoms with Crippen LogP contribution in [0.5, 0.6) is 0 Å². The Morgan fingerprint density at radius 2 is 1.43 bits per heavy atom. The minimum atomic E-state index is -1.46. The lowest BCUT2D eigenvalue weighted by atomic mass is 9.98. The number of nitrogens with one attached hydrogen (secondary N) is 2. The number of hydrogen-bond donors (Lipinski definition) is 3. The highest BCUT2D eigenvalue weighted by molar-refractivity contribution is 5.87. The Hall–Kier alpha value is -3.55. The van der Waals surface area contributed by atoms with Gasteiger partial charge in [0.1, 0.15) is 12.2 Å². The molecule has 4 N–H and O–H groups in total. The van der Waals surface area contributed by atoms with Gasteiger partial charge in [-0.2, -0.15) is 0 Å². The predicted molar refractivity (Wildman–Crippen MR) is 111 cm³/mol. The quantitative estimate of drug-likeness (QED) is 0.654. The molecule has 1 atom stereocenters. The second kappa shape index (κ2) is 8.44. The fourth-order valence-electron chi connectivity index (χ4n) is 3.36. The molecule has 2 aromatic rings. The van der Waals surface area contributed by atoms with Crippen LogP contribution in [0.2, 0.25) is 0 Å². The summed E-state index contributed by atoms with van der Waals surface area (Å²) in [6, 6.07) is 15.9. The molecule has 1 aliphatic carbocycles. The van der Waals surface area contributed by atoms with Crippen molar-refractivity contribution in [3.05, 3.63) is 59.7 Å². The number of amides is 3. The van der Waals surface area contributed by atoms with E-state index in [2.05, 4.69) is 10.6 Å². The van der Waals surface area contributed by atoms with Crippen molar-refractivity contribution in [3.63, 3.8) is 0 Å². The van der Waals surface area contributed by atoms with Crippen LogP contribution in [0.3, 0.4) is 0 Å². The van der Waals surface area contributed by atoms with Crippen molar-refractivity contribution in [2.24, 2.45) is 5.73 Å². The van der Waals surface area contributed by atoms with Crippen LogP contribution in [0.1, 0.15) is 37.8 Å². The summed E-state index contributed by atoms with van der Waals surface area (Å²) in [6.45, 7) is 5.08. The van der Waals surface area contributed by atoms with Crippen LogP contribution in [0.15, 0.2) is 48.5 Å². The van der Waals surface area contributed by atoms with Crippen LogP contribution in [0.25, 0.3) is 11.1 Å². The Morgan fingerprint density at radius 1 is 0.933 bits per heavy atom. The van der Waals surface area contributed by atoms with Crippen LogP contribution >= 0.6 is 0 Å². The first kappa shape index (κ1) is 21.2. The highest BCUT2D eigenvalue weighted by atomic mass is 16.6. The van der Waals surface area contributed by atoms with E-state index in [1.165, 1.54) is 0 Å². The zero-order chi connectivity index (χ0) is 21.9. The molecule has 2 aromatic carbocycles. The van der Waals surface area contributed by atoms with Gasteiger partial charge in [-0.15, -0.1) is 0 Å². The second-order valence-electron chi connectivity index (χ2n) is 7.95. The minimum absolute atomic E-state index is 0.0672. The zero-order valence-corrected chi connectivity index (χ0v) is 17.1. The average molecular weight is 411 g/mol. The van der Waals surface area contributed by atoms with Gasteiger partial charge >= 0.3 is 12.2 Å². The number of ether oxygens (including phenoxy) is 2. The van der Waals surface area contributed by atoms with Gasteiger partial charge in [0.25, 0.3) is 5.91 Å². The van der Waals surface area contributed by atoms with Gasteiger partial charge in [0.2, 0.25) is 0 Å². The van der Waals surface area contributed by atoms with Gasteiger partial charge in [0.05, 0.1) is 0 Å². The Morgan fingerprint density at radius 3 is 1.93 bits per heavy atom. The fraction of sp³-hybridized carbons (Fsp3) is 0.318. The number of hydrogen-bond acceptors (Lipinski definition) is 5. The van der Waals surface area contributed by atoms with E-state index in [0.29, 0.717) is 0 Å². The first-order valence-corrected chi connectivity index (χ1v) is 9.56. The summed E-state index contributed by atoms with van der Waals surface area (Å²) in [7, 11) is 0. The van der Waals surface area contributed by atoms with Crippen molar-refractivity contribution in [3.8, 4) is 11.1 Å². The summed E-state index contributed by atoms with van der Waals surface area (Å²) in [5.41, 5.74) is 8.82. The van der Waals surface area contributed by atoms with Crippen molar-refractivity contribution >= 4 is 18.1 Å². The van der Waals surface area contributed by atoms with Crippen LogP contribution in [-0.2, 0) is 14.3 Å². The molecule has 3 rings (SSSR count). The lowest BCUT2D eigenvalue weighted by Crippen LogP contribution is -2.56. The van der Waals surface area contributed by atoms with Crippen molar-refractivity contribution in [1.29, 1.82) is 0 Å². The van der Waals surface area contributed by atoms with Gasteiger partial charge in [0, 0.05) is 5.92 Å². The van der Waals surface area contributed by atoms with E-state index in [1.54, 1.807) is 20.8 Å². The summed E-state index contributed by atoms with van der Waals surface area (Å²) in [5.74, 6) is -1.08. The molecule has 8 nitrogen and oxygen atoms in total. The number of rotatable bonds is 5. The van der Waals surface area contributed by atoms with Gasteiger partial charge in [-0.1, -0.05) is 48.5 Å². The van der Waals surface area contributed by atoms with Crippen molar-refractivity contribution < 1.29 is 23.9 Å². The van der Waals surface area contributed by atoms with E-state index < -0.39 is 29.9 Å². The number of carbonyl (C=O) groups excluding carboxylic acids is 3. The van der Waals surface area contributed by atoms with Crippen LogP contribution in [0.4, 0.5) is 9.59 Å². The maximum Gasteiger partial charge on any atom is 0.409 e. The maximum atomic E-state index is 12.3. The first-order chi connectivity index (χ1) is 14.2. The second-order valence-corrected chi connectivity index (χ2v) is 7.95. The lowest BCUT2D eigenvalue weighted by Gasteiger charge is -2.23. The summed E-state index contributed by atoms with van der Waals surface area (Å²) in [4.78, 5) is 35.7. The average Bonchev–Trinajstić information content (AvgIpc) is 2.98. The van der Waals surface area contributed by atoms with Crippen molar-refractivity contribution in [2.45, 2.75) is 38.5 Å². The number of fused-ring (bicyclic) bond motifs is 3.